The Morgan fingerprint density at radius 3 is 2.71 bits per heavy atom. The summed E-state index contributed by atoms with van der Waals surface area (Å²) in [7, 11) is 0. The van der Waals surface area contributed by atoms with Crippen LogP contribution in [0, 0.1) is 5.92 Å². The van der Waals surface area contributed by atoms with Gasteiger partial charge in [-0.05, 0) is 31.6 Å². The maximum Gasteiger partial charge on any atom is 0.0929 e. The van der Waals surface area contributed by atoms with Gasteiger partial charge in [-0.15, -0.1) is 11.3 Å². The molecule has 1 aliphatic rings. The van der Waals surface area contributed by atoms with E-state index in [0.717, 1.165) is 30.9 Å². The Morgan fingerprint density at radius 2 is 2.06 bits per heavy atom. The van der Waals surface area contributed by atoms with Crippen molar-refractivity contribution in [2.75, 3.05) is 0 Å². The van der Waals surface area contributed by atoms with Gasteiger partial charge in [0.25, 0.3) is 0 Å². The summed E-state index contributed by atoms with van der Waals surface area (Å²) < 4.78 is 0. The zero-order valence-electron chi connectivity index (χ0n) is 11.0. The molecule has 2 N–H and O–H groups in total. The first-order valence-corrected chi connectivity index (χ1v) is 7.72. The zero-order chi connectivity index (χ0) is 12.3. The van der Waals surface area contributed by atoms with Crippen LogP contribution >= 0.6 is 11.3 Å². The van der Waals surface area contributed by atoms with E-state index in [9.17, 15) is 0 Å². The molecule has 0 aromatic carbocycles. The maximum atomic E-state index is 6.49. The lowest BCUT2D eigenvalue weighted by Crippen LogP contribution is -2.38. The smallest absolute Gasteiger partial charge is 0.0929 e. The van der Waals surface area contributed by atoms with Gasteiger partial charge in [-0.1, -0.05) is 33.1 Å². The highest BCUT2D eigenvalue weighted by atomic mass is 32.1. The zero-order valence-corrected chi connectivity index (χ0v) is 11.9. The topological polar surface area (TPSA) is 38.9 Å². The minimum Gasteiger partial charge on any atom is -0.320 e. The fourth-order valence-corrected chi connectivity index (χ4v) is 3.43. The molecule has 0 unspecified atom stereocenters. The summed E-state index contributed by atoms with van der Waals surface area (Å²) in [5, 5.41) is 3.46. The van der Waals surface area contributed by atoms with Crippen molar-refractivity contribution in [2.24, 2.45) is 11.7 Å². The Balaban J connectivity index is 2.01. The highest BCUT2D eigenvalue weighted by Crippen LogP contribution is 2.35. The summed E-state index contributed by atoms with van der Waals surface area (Å²) in [6.07, 6.45) is 8.41. The van der Waals surface area contributed by atoms with Gasteiger partial charge in [-0.2, -0.15) is 0 Å². The molecule has 17 heavy (non-hydrogen) atoms. The van der Waals surface area contributed by atoms with Crippen molar-refractivity contribution in [1.29, 1.82) is 0 Å². The standard InChI is InChI=1S/C14H24N2S/c1-11(2)6-7-13-16-12(10-17-13)14(15)8-4-3-5-9-14/h10-11H,3-9,15H2,1-2H3. The average Bonchev–Trinajstić information content (AvgIpc) is 2.76. The van der Waals surface area contributed by atoms with Crippen LogP contribution in [0.5, 0.6) is 0 Å². The fourth-order valence-electron chi connectivity index (χ4n) is 2.51. The lowest BCUT2D eigenvalue weighted by molar-refractivity contribution is 0.296. The minimum absolute atomic E-state index is 0.120. The van der Waals surface area contributed by atoms with Crippen molar-refractivity contribution in [3.05, 3.63) is 16.1 Å². The van der Waals surface area contributed by atoms with Crippen LogP contribution in [-0.4, -0.2) is 4.98 Å². The molecule has 0 aliphatic heterocycles. The molecule has 0 radical (unpaired) electrons. The second-order valence-corrected chi connectivity index (χ2v) is 6.72. The van der Waals surface area contributed by atoms with Crippen LogP contribution in [0.25, 0.3) is 0 Å². The Morgan fingerprint density at radius 1 is 1.35 bits per heavy atom. The monoisotopic (exact) mass is 252 g/mol. The van der Waals surface area contributed by atoms with Crippen molar-refractivity contribution in [3.8, 4) is 0 Å². The van der Waals surface area contributed by atoms with Gasteiger partial charge in [0.05, 0.1) is 16.2 Å². The van der Waals surface area contributed by atoms with Gasteiger partial charge in [0, 0.05) is 5.38 Å². The van der Waals surface area contributed by atoms with Crippen LogP contribution < -0.4 is 5.73 Å². The van der Waals surface area contributed by atoms with Gasteiger partial charge in [0.15, 0.2) is 0 Å². The predicted octanol–water partition coefficient (Wildman–Crippen LogP) is 3.85. The van der Waals surface area contributed by atoms with Crippen LogP contribution in [0.15, 0.2) is 5.38 Å². The normalized spacial score (nSPS) is 19.8. The molecule has 1 aromatic rings. The largest absolute Gasteiger partial charge is 0.320 e. The molecule has 0 bridgehead atoms. The first kappa shape index (κ1) is 13.0. The molecule has 0 saturated heterocycles. The van der Waals surface area contributed by atoms with Crippen molar-refractivity contribution in [1.82, 2.24) is 4.98 Å². The first-order valence-electron chi connectivity index (χ1n) is 6.84. The quantitative estimate of drug-likeness (QED) is 0.884. The highest BCUT2D eigenvalue weighted by Gasteiger charge is 2.31. The molecule has 3 heteroatoms. The van der Waals surface area contributed by atoms with Gasteiger partial charge in [0.1, 0.15) is 0 Å². The fraction of sp³-hybridized carbons (Fsp3) is 0.786. The number of hydrogen-bond donors (Lipinski definition) is 1. The molecule has 2 nitrogen and oxygen atoms in total. The Labute approximate surface area is 109 Å². The summed E-state index contributed by atoms with van der Waals surface area (Å²) >= 11 is 1.79. The van der Waals surface area contributed by atoms with E-state index < -0.39 is 0 Å². The van der Waals surface area contributed by atoms with Gasteiger partial charge < -0.3 is 5.73 Å². The molecule has 1 aromatic heterocycles. The van der Waals surface area contributed by atoms with Gasteiger partial charge >= 0.3 is 0 Å². The third kappa shape index (κ3) is 3.29. The number of nitrogens with two attached hydrogens (primary N) is 1. The van der Waals surface area contributed by atoms with E-state index in [2.05, 4.69) is 19.2 Å². The second kappa shape index (κ2) is 5.49. The Bertz CT molecular complexity index is 351. The molecule has 1 aliphatic carbocycles. The van der Waals surface area contributed by atoms with Crippen molar-refractivity contribution in [3.63, 3.8) is 0 Å². The summed E-state index contributed by atoms with van der Waals surface area (Å²) in [4.78, 5) is 4.77. The molecule has 1 fully saturated rings. The lowest BCUT2D eigenvalue weighted by atomic mass is 9.81. The molecule has 0 atom stereocenters. The third-order valence-electron chi connectivity index (χ3n) is 3.74. The summed E-state index contributed by atoms with van der Waals surface area (Å²) in [6.45, 7) is 4.53. The van der Waals surface area contributed by atoms with E-state index in [0.29, 0.717) is 0 Å². The Hall–Kier alpha value is -0.410. The minimum atomic E-state index is -0.120. The van der Waals surface area contributed by atoms with Gasteiger partial charge in [-0.3, -0.25) is 0 Å². The molecule has 2 rings (SSSR count). The number of aromatic nitrogens is 1. The third-order valence-corrected chi connectivity index (χ3v) is 4.65. The van der Waals surface area contributed by atoms with E-state index in [1.165, 1.54) is 30.7 Å². The summed E-state index contributed by atoms with van der Waals surface area (Å²) in [5.74, 6) is 0.754. The summed E-state index contributed by atoms with van der Waals surface area (Å²) in [5.41, 5.74) is 7.53. The number of thiazole rings is 1. The first-order chi connectivity index (χ1) is 8.10. The van der Waals surface area contributed by atoms with Crippen LogP contribution in [0.2, 0.25) is 0 Å². The SMILES string of the molecule is CC(C)CCc1nc(C2(N)CCCCC2)cs1. The molecule has 1 heterocycles. The number of aryl methyl sites for hydroxylation is 1. The molecule has 0 amide bonds. The van der Waals surface area contributed by atoms with E-state index in [-0.39, 0.29) is 5.54 Å². The van der Waals surface area contributed by atoms with E-state index in [1.807, 2.05) is 0 Å². The van der Waals surface area contributed by atoms with E-state index >= 15 is 0 Å². The van der Waals surface area contributed by atoms with Gasteiger partial charge in [0.2, 0.25) is 0 Å². The Kier molecular flexibility index (Phi) is 4.21. The number of nitrogens with zero attached hydrogens (tertiary/aromatic N) is 1. The molecular weight excluding hydrogens is 228 g/mol. The molecule has 96 valence electrons. The molecule has 1 saturated carbocycles. The predicted molar refractivity (Wildman–Crippen MR) is 74.2 cm³/mol. The van der Waals surface area contributed by atoms with Crippen LogP contribution in [0.4, 0.5) is 0 Å². The maximum absolute atomic E-state index is 6.49. The van der Waals surface area contributed by atoms with Crippen molar-refractivity contribution in [2.45, 2.75) is 64.3 Å². The average molecular weight is 252 g/mol. The van der Waals surface area contributed by atoms with Crippen LogP contribution in [0.1, 0.15) is 63.1 Å². The van der Waals surface area contributed by atoms with E-state index in [4.69, 9.17) is 10.7 Å². The number of rotatable bonds is 4. The van der Waals surface area contributed by atoms with Gasteiger partial charge in [-0.25, -0.2) is 4.98 Å². The highest BCUT2D eigenvalue weighted by molar-refractivity contribution is 7.09. The van der Waals surface area contributed by atoms with E-state index in [1.54, 1.807) is 11.3 Å². The van der Waals surface area contributed by atoms with Crippen LogP contribution in [0.3, 0.4) is 0 Å². The lowest BCUT2D eigenvalue weighted by Gasteiger charge is -2.31. The second-order valence-electron chi connectivity index (χ2n) is 5.78. The van der Waals surface area contributed by atoms with Crippen molar-refractivity contribution < 1.29 is 0 Å². The van der Waals surface area contributed by atoms with Crippen LogP contribution in [-0.2, 0) is 12.0 Å². The number of hydrogen-bond acceptors (Lipinski definition) is 3. The van der Waals surface area contributed by atoms with Crippen molar-refractivity contribution >= 4 is 11.3 Å². The molecule has 0 spiro atoms. The molecular formula is C14H24N2S. The summed E-state index contributed by atoms with van der Waals surface area (Å²) in [6, 6.07) is 0.